The molecule has 0 aromatic heterocycles. The van der Waals surface area contributed by atoms with Crippen molar-refractivity contribution in [3.8, 4) is 0 Å². The van der Waals surface area contributed by atoms with Crippen LogP contribution in [0.1, 0.15) is 0 Å². The van der Waals surface area contributed by atoms with E-state index in [4.69, 9.17) is 3.65 Å². The third-order valence-electron chi connectivity index (χ3n) is 0. The molecule has 0 atom stereocenters. The third-order valence-corrected chi connectivity index (χ3v) is 0. The molecule has 0 N–H and O–H groups in total. The summed E-state index contributed by atoms with van der Waals surface area (Å²) in [6, 6.07) is 0. The van der Waals surface area contributed by atoms with Crippen molar-refractivity contribution in [3.05, 3.63) is 0 Å². The Hall–Kier alpha value is 1.49. The van der Waals surface area contributed by atoms with Gasteiger partial charge in [0, 0.05) is 0 Å². The second-order valence-corrected chi connectivity index (χ2v) is 5.51. The van der Waals surface area contributed by atoms with Crippen molar-refractivity contribution >= 4 is 20.2 Å². The fraction of sp³-hybridized carbons (Fsp3) is 0. The molecule has 0 aliphatic carbocycles. The van der Waals surface area contributed by atoms with Gasteiger partial charge in [0.15, 0.2) is 0 Å². The summed E-state index contributed by atoms with van der Waals surface area (Å²) >= 11 is 0.292. The van der Waals surface area contributed by atoms with Crippen LogP contribution in [-0.2, 0) is 33.7 Å². The molecule has 5 heavy (non-hydrogen) atoms. The van der Waals surface area contributed by atoms with Crippen LogP contribution in [0.2, 0.25) is 0 Å². The summed E-state index contributed by atoms with van der Waals surface area (Å²) < 4.78 is 7.00. The van der Waals surface area contributed by atoms with Crippen molar-refractivity contribution in [2.75, 3.05) is 0 Å². The average Bonchev–Trinajstić information content (AvgIpc) is 1.46. The average molecular weight is 191 g/mol. The molecule has 0 aliphatic rings. The predicted molar refractivity (Wildman–Crippen MR) is 16.9 cm³/mol. The first-order valence-corrected chi connectivity index (χ1v) is 9.92. The summed E-state index contributed by atoms with van der Waals surface area (Å²) in [6.45, 7) is 0. The van der Waals surface area contributed by atoms with Crippen molar-refractivity contribution in [2.24, 2.45) is 0 Å². The number of nitrogens with zero attached hydrogens (tertiary/aromatic N) is 1. The molecule has 0 unspecified atom stereocenters. The van der Waals surface area contributed by atoms with E-state index in [9.17, 15) is 0 Å². The fourth-order valence-electron chi connectivity index (χ4n) is 0. The summed E-state index contributed by atoms with van der Waals surface area (Å²) in [4.78, 5) is 0. The van der Waals surface area contributed by atoms with Gasteiger partial charge in [-0.1, -0.05) is 0 Å². The zero-order valence-electron chi connectivity index (χ0n) is 2.47. The van der Waals surface area contributed by atoms with E-state index in [2.05, 4.69) is 20.2 Å². The van der Waals surface area contributed by atoms with Crippen LogP contribution in [0.5, 0.6) is 0 Å². The van der Waals surface area contributed by atoms with E-state index >= 15 is 0 Å². The van der Waals surface area contributed by atoms with Gasteiger partial charge in [0.2, 0.25) is 0 Å². The topological polar surface area (TPSA) is 23.8 Å². The fourth-order valence-corrected chi connectivity index (χ4v) is 0. The summed E-state index contributed by atoms with van der Waals surface area (Å²) in [5, 5.41) is 0. The predicted octanol–water partition coefficient (Wildman–Crippen LogP) is 1.31. The molecular weight excluding hydrogens is 191 g/mol. The van der Waals surface area contributed by atoms with Gasteiger partial charge in [0.1, 0.15) is 0 Å². The number of hydrogen-bond acceptors (Lipinski definition) is 3. The summed E-state index contributed by atoms with van der Waals surface area (Å²) in [5.41, 5.74) is 0. The summed E-state index contributed by atoms with van der Waals surface area (Å²) in [5.74, 6) is 0. The Morgan fingerprint density at radius 3 is 1.40 bits per heavy atom. The number of hydrogen-bond donors (Lipinski definition) is 0. The normalized spacial score (nSPS) is 5.00. The molecule has 0 bridgehead atoms. The minimum atomic E-state index is -0.708. The molecular formula is NS2TiZn. The van der Waals surface area contributed by atoms with Gasteiger partial charge in [-0.2, -0.15) is 0 Å². The second kappa shape index (κ2) is 17.9. The van der Waals surface area contributed by atoms with Gasteiger partial charge in [0.25, 0.3) is 0 Å². The molecule has 0 saturated heterocycles. The maximum absolute atomic E-state index is 7.00. The first-order valence-electron chi connectivity index (χ1n) is 0.801. The molecule has 0 heterocycles. The van der Waals surface area contributed by atoms with E-state index in [1.54, 1.807) is 0 Å². The van der Waals surface area contributed by atoms with Gasteiger partial charge >= 0.3 is 57.6 Å². The van der Waals surface area contributed by atoms with Crippen LogP contribution in [0.15, 0.2) is 0 Å². The quantitative estimate of drug-likeness (QED) is 0.539. The van der Waals surface area contributed by atoms with E-state index in [1.807, 2.05) is 0 Å². The molecule has 0 radical (unpaired) electrons. The summed E-state index contributed by atoms with van der Waals surface area (Å²) in [6.07, 6.45) is 0. The SMILES string of the molecule is [N]#[Ti].[S]=[Zn]=[S]. The maximum atomic E-state index is 7.00. The van der Waals surface area contributed by atoms with Crippen molar-refractivity contribution < 1.29 is 33.7 Å². The Labute approximate surface area is 57.0 Å². The Morgan fingerprint density at radius 2 is 1.40 bits per heavy atom. The Bertz CT molecular complexity index is 51.9. The third kappa shape index (κ3) is 30.2. The second-order valence-electron chi connectivity index (χ2n) is 0.118. The molecule has 0 aliphatic heterocycles. The van der Waals surface area contributed by atoms with Gasteiger partial charge in [-0.15, -0.1) is 0 Å². The van der Waals surface area contributed by atoms with Gasteiger partial charge in [-0.05, 0) is 0 Å². The standard InChI is InChI=1S/N.2S.Ti.Zn. The zero-order chi connectivity index (χ0) is 4.71. The van der Waals surface area contributed by atoms with Gasteiger partial charge in [-0.25, -0.2) is 0 Å². The van der Waals surface area contributed by atoms with Crippen LogP contribution in [0.3, 0.4) is 0 Å². The molecule has 5 heteroatoms. The van der Waals surface area contributed by atoms with E-state index < -0.39 is 13.6 Å². The first-order chi connectivity index (χ1) is 2.41. The molecule has 0 aromatic rings. The molecule has 0 fully saturated rings. The van der Waals surface area contributed by atoms with Crippen LogP contribution in [0.25, 0.3) is 0 Å². The molecule has 23 valence electrons. The Kier molecular flexibility index (Phi) is 34.6. The molecule has 0 aromatic carbocycles. The molecule has 1 nitrogen and oxygen atoms in total. The minimum absolute atomic E-state index is 0.708. The van der Waals surface area contributed by atoms with Gasteiger partial charge in [-0.3, -0.25) is 0 Å². The van der Waals surface area contributed by atoms with Crippen molar-refractivity contribution in [2.45, 2.75) is 0 Å². The molecule has 0 amide bonds. The van der Waals surface area contributed by atoms with E-state index in [-0.39, 0.29) is 0 Å². The van der Waals surface area contributed by atoms with Crippen LogP contribution in [0, 0.1) is 3.65 Å². The molecule has 0 spiro atoms. The van der Waals surface area contributed by atoms with Crippen LogP contribution in [-0.4, -0.2) is 0 Å². The summed E-state index contributed by atoms with van der Waals surface area (Å²) in [7, 11) is 8.79. The van der Waals surface area contributed by atoms with Crippen molar-refractivity contribution in [1.29, 1.82) is 3.65 Å². The Morgan fingerprint density at radius 1 is 1.40 bits per heavy atom. The van der Waals surface area contributed by atoms with Crippen LogP contribution in [0.4, 0.5) is 0 Å². The van der Waals surface area contributed by atoms with E-state index in [0.717, 1.165) is 20.1 Å². The van der Waals surface area contributed by atoms with Crippen molar-refractivity contribution in [3.63, 3.8) is 0 Å². The van der Waals surface area contributed by atoms with Crippen LogP contribution >= 0.6 is 20.2 Å². The van der Waals surface area contributed by atoms with Gasteiger partial charge < -0.3 is 0 Å². The monoisotopic (exact) mass is 190 g/mol. The Balaban J connectivity index is 0. The number of rotatable bonds is 0. The van der Waals surface area contributed by atoms with Gasteiger partial charge in [0.05, 0.1) is 0 Å². The molecule has 0 saturated carbocycles. The first kappa shape index (κ1) is 9.70. The van der Waals surface area contributed by atoms with Crippen LogP contribution < -0.4 is 0 Å². The van der Waals surface area contributed by atoms with E-state index in [1.165, 1.54) is 0 Å². The molecule has 0 rings (SSSR count). The van der Waals surface area contributed by atoms with E-state index in [0.29, 0.717) is 0 Å². The van der Waals surface area contributed by atoms with Crippen molar-refractivity contribution in [1.82, 2.24) is 0 Å². The zero-order valence-corrected chi connectivity index (χ0v) is 8.63.